The van der Waals surface area contributed by atoms with Gasteiger partial charge in [0, 0.05) is 6.21 Å². The Morgan fingerprint density at radius 1 is 1.11 bits per heavy atom. The van der Waals surface area contributed by atoms with Gasteiger partial charge in [-0.05, 0) is 80.6 Å². The number of phenols is 1. The molecular weight excluding hydrogens is 370 g/mol. The van der Waals surface area contributed by atoms with Crippen LogP contribution in [0.5, 0.6) is 5.75 Å². The van der Waals surface area contributed by atoms with Gasteiger partial charge in [0.05, 0.1) is 14.6 Å². The average molecular weight is 383 g/mol. The topological polar surface area (TPSA) is 32.6 Å². The third-order valence-electron chi connectivity index (χ3n) is 2.97. The first kappa shape index (κ1) is 14.3. The molecule has 0 aromatic heterocycles. The molecule has 0 aliphatic rings. The van der Waals surface area contributed by atoms with Crippen LogP contribution in [0, 0.1) is 13.8 Å². The summed E-state index contributed by atoms with van der Waals surface area (Å²) in [5.74, 6) is 0.198. The highest BCUT2D eigenvalue weighted by Crippen LogP contribution is 2.33. The zero-order valence-electron chi connectivity index (χ0n) is 10.6. The number of aliphatic imine (C=N–C) groups is 1. The summed E-state index contributed by atoms with van der Waals surface area (Å²) in [5.41, 5.74) is 4.27. The minimum Gasteiger partial charge on any atom is -0.506 e. The number of aryl methyl sites for hydroxylation is 1. The van der Waals surface area contributed by atoms with Gasteiger partial charge >= 0.3 is 0 Å². The zero-order valence-corrected chi connectivity index (χ0v) is 13.8. The van der Waals surface area contributed by atoms with Crippen molar-refractivity contribution in [3.8, 4) is 5.75 Å². The maximum absolute atomic E-state index is 9.66. The fourth-order valence-corrected chi connectivity index (χ4v) is 2.90. The molecule has 0 aliphatic heterocycles. The van der Waals surface area contributed by atoms with Crippen molar-refractivity contribution in [2.75, 3.05) is 0 Å². The van der Waals surface area contributed by atoms with E-state index in [0.717, 1.165) is 11.3 Å². The monoisotopic (exact) mass is 381 g/mol. The summed E-state index contributed by atoms with van der Waals surface area (Å²) < 4.78 is 1.29. The van der Waals surface area contributed by atoms with E-state index < -0.39 is 0 Å². The molecule has 98 valence electrons. The lowest BCUT2D eigenvalue weighted by molar-refractivity contribution is 0.468. The van der Waals surface area contributed by atoms with E-state index >= 15 is 0 Å². The first-order valence-corrected chi connectivity index (χ1v) is 7.36. The van der Waals surface area contributed by atoms with Gasteiger partial charge in [-0.2, -0.15) is 0 Å². The van der Waals surface area contributed by atoms with Gasteiger partial charge in [-0.1, -0.05) is 12.1 Å². The van der Waals surface area contributed by atoms with Crippen LogP contribution in [-0.2, 0) is 0 Å². The minimum absolute atomic E-state index is 0.198. The van der Waals surface area contributed by atoms with Gasteiger partial charge in [0.1, 0.15) is 5.75 Å². The number of aromatic hydroxyl groups is 1. The van der Waals surface area contributed by atoms with Crippen molar-refractivity contribution in [3.05, 3.63) is 56.0 Å². The van der Waals surface area contributed by atoms with Crippen LogP contribution in [0.1, 0.15) is 16.7 Å². The summed E-state index contributed by atoms with van der Waals surface area (Å²) in [6.07, 6.45) is 1.79. The second-order valence-electron chi connectivity index (χ2n) is 4.31. The molecule has 2 aromatic carbocycles. The number of phenolic OH excluding ortho intramolecular Hbond substituents is 1. The van der Waals surface area contributed by atoms with Crippen molar-refractivity contribution < 1.29 is 5.11 Å². The minimum atomic E-state index is 0.198. The van der Waals surface area contributed by atoms with E-state index in [2.05, 4.69) is 56.8 Å². The molecule has 2 rings (SSSR count). The summed E-state index contributed by atoms with van der Waals surface area (Å²) >= 11 is 6.62. The highest BCUT2D eigenvalue weighted by molar-refractivity contribution is 9.11. The van der Waals surface area contributed by atoms with Gasteiger partial charge in [0.15, 0.2) is 0 Å². The first-order chi connectivity index (χ1) is 8.99. The molecular formula is C15H13Br2NO. The van der Waals surface area contributed by atoms with Crippen molar-refractivity contribution in [2.24, 2.45) is 4.99 Å². The smallest absolute Gasteiger partial charge is 0.143 e. The molecule has 1 N–H and O–H groups in total. The third kappa shape index (κ3) is 3.25. The van der Waals surface area contributed by atoms with Crippen LogP contribution >= 0.6 is 31.9 Å². The molecule has 2 aromatic rings. The fraction of sp³-hybridized carbons (Fsp3) is 0.133. The molecule has 4 heteroatoms. The highest BCUT2D eigenvalue weighted by atomic mass is 79.9. The number of hydrogen-bond acceptors (Lipinski definition) is 2. The molecule has 0 spiro atoms. The van der Waals surface area contributed by atoms with E-state index in [1.165, 1.54) is 11.1 Å². The summed E-state index contributed by atoms with van der Waals surface area (Å²) in [6, 6.07) is 9.71. The second-order valence-corrected chi connectivity index (χ2v) is 6.02. The van der Waals surface area contributed by atoms with E-state index in [-0.39, 0.29) is 5.75 Å². The molecule has 0 amide bonds. The van der Waals surface area contributed by atoms with Gasteiger partial charge < -0.3 is 5.11 Å². The molecule has 0 bridgehead atoms. The molecule has 0 aliphatic carbocycles. The van der Waals surface area contributed by atoms with Crippen molar-refractivity contribution in [1.29, 1.82) is 0 Å². The fourth-order valence-electron chi connectivity index (χ4n) is 1.68. The van der Waals surface area contributed by atoms with Crippen LogP contribution in [0.25, 0.3) is 0 Å². The SMILES string of the molecule is Cc1cccc(N=Cc2cc(Br)c(O)c(Br)c2)c1C. The maximum Gasteiger partial charge on any atom is 0.143 e. The van der Waals surface area contributed by atoms with Crippen LogP contribution in [0.3, 0.4) is 0 Å². The van der Waals surface area contributed by atoms with E-state index in [9.17, 15) is 5.11 Å². The van der Waals surface area contributed by atoms with Crippen LogP contribution in [0.4, 0.5) is 5.69 Å². The van der Waals surface area contributed by atoms with Crippen molar-refractivity contribution >= 4 is 43.8 Å². The largest absolute Gasteiger partial charge is 0.506 e. The van der Waals surface area contributed by atoms with Gasteiger partial charge in [-0.3, -0.25) is 4.99 Å². The quantitative estimate of drug-likeness (QED) is 0.703. The number of rotatable bonds is 2. The molecule has 0 radical (unpaired) electrons. The zero-order chi connectivity index (χ0) is 14.0. The number of benzene rings is 2. The molecule has 0 saturated heterocycles. The van der Waals surface area contributed by atoms with Gasteiger partial charge in [-0.25, -0.2) is 0 Å². The van der Waals surface area contributed by atoms with Crippen LogP contribution in [-0.4, -0.2) is 11.3 Å². The predicted molar refractivity (Wildman–Crippen MR) is 86.7 cm³/mol. The summed E-state index contributed by atoms with van der Waals surface area (Å²) in [7, 11) is 0. The second kappa shape index (κ2) is 5.88. The molecule has 2 nitrogen and oxygen atoms in total. The Labute approximate surface area is 129 Å². The molecule has 19 heavy (non-hydrogen) atoms. The Balaban J connectivity index is 2.35. The van der Waals surface area contributed by atoms with Crippen LogP contribution in [0.15, 0.2) is 44.3 Å². The lowest BCUT2D eigenvalue weighted by Gasteiger charge is -2.04. The summed E-state index contributed by atoms with van der Waals surface area (Å²) in [5, 5.41) is 9.66. The number of halogens is 2. The molecule has 0 atom stereocenters. The highest BCUT2D eigenvalue weighted by Gasteiger charge is 2.04. The molecule has 0 saturated carbocycles. The summed E-state index contributed by atoms with van der Waals surface area (Å²) in [4.78, 5) is 4.50. The van der Waals surface area contributed by atoms with E-state index in [1.54, 1.807) is 6.21 Å². The first-order valence-electron chi connectivity index (χ1n) is 5.77. The lowest BCUT2D eigenvalue weighted by atomic mass is 10.1. The van der Waals surface area contributed by atoms with Crippen molar-refractivity contribution in [1.82, 2.24) is 0 Å². The lowest BCUT2D eigenvalue weighted by Crippen LogP contribution is -1.85. The Kier molecular flexibility index (Phi) is 4.42. The third-order valence-corrected chi connectivity index (χ3v) is 4.18. The van der Waals surface area contributed by atoms with Gasteiger partial charge in [-0.15, -0.1) is 0 Å². The van der Waals surface area contributed by atoms with Crippen LogP contribution < -0.4 is 0 Å². The number of hydrogen-bond donors (Lipinski definition) is 1. The number of nitrogens with zero attached hydrogens (tertiary/aromatic N) is 1. The van der Waals surface area contributed by atoms with Gasteiger partial charge in [0.2, 0.25) is 0 Å². The Morgan fingerprint density at radius 2 is 1.74 bits per heavy atom. The Hall–Kier alpha value is -1.13. The Bertz CT molecular complexity index is 628. The van der Waals surface area contributed by atoms with Crippen molar-refractivity contribution in [3.63, 3.8) is 0 Å². The Morgan fingerprint density at radius 3 is 2.37 bits per heavy atom. The molecule has 0 heterocycles. The van der Waals surface area contributed by atoms with E-state index in [1.807, 2.05) is 24.3 Å². The summed E-state index contributed by atoms with van der Waals surface area (Å²) in [6.45, 7) is 4.13. The standard InChI is InChI=1S/C15H13Br2NO/c1-9-4-3-5-14(10(9)2)18-8-11-6-12(16)15(19)13(17)7-11/h3-8,19H,1-2H3. The van der Waals surface area contributed by atoms with Crippen LogP contribution in [0.2, 0.25) is 0 Å². The van der Waals surface area contributed by atoms with Gasteiger partial charge in [0.25, 0.3) is 0 Å². The van der Waals surface area contributed by atoms with Crippen molar-refractivity contribution in [2.45, 2.75) is 13.8 Å². The van der Waals surface area contributed by atoms with E-state index in [0.29, 0.717) is 8.95 Å². The predicted octanol–water partition coefficient (Wildman–Crippen LogP) is 5.28. The normalized spacial score (nSPS) is 11.2. The average Bonchev–Trinajstić information content (AvgIpc) is 2.37. The molecule has 0 unspecified atom stereocenters. The molecule has 0 fully saturated rings. The maximum atomic E-state index is 9.66. The van der Waals surface area contributed by atoms with E-state index in [4.69, 9.17) is 0 Å².